The van der Waals surface area contributed by atoms with Crippen molar-refractivity contribution in [3.8, 4) is 11.5 Å². The van der Waals surface area contributed by atoms with Crippen molar-refractivity contribution in [2.24, 2.45) is 0 Å². The summed E-state index contributed by atoms with van der Waals surface area (Å²) in [7, 11) is -4.57. The highest BCUT2D eigenvalue weighted by atomic mass is 35.5. The molecule has 2 N–H and O–H groups in total. The first-order valence-corrected chi connectivity index (χ1v) is 14.3. The lowest BCUT2D eigenvalue weighted by atomic mass is 10.2. The normalized spacial score (nSPS) is 11.9. The molecule has 0 unspecified atom stereocenters. The predicted octanol–water partition coefficient (Wildman–Crippen LogP) is 3.23. The maximum atomic E-state index is 12.6. The second-order valence-electron chi connectivity index (χ2n) is 7.94. The van der Waals surface area contributed by atoms with E-state index in [0.29, 0.717) is 11.4 Å². The zero-order valence-electron chi connectivity index (χ0n) is 20.2. The summed E-state index contributed by atoms with van der Waals surface area (Å²) in [5.74, 6) is 0.258. The number of nitrogens with zero attached hydrogens (tertiary/aromatic N) is 1. The number of hydrogen-bond donors (Lipinski definition) is 2. The van der Waals surface area contributed by atoms with Gasteiger partial charge in [0.05, 0.1) is 41.8 Å². The number of amides is 1. The molecule has 0 aliphatic carbocycles. The van der Waals surface area contributed by atoms with Crippen molar-refractivity contribution in [3.05, 3.63) is 41.4 Å². The van der Waals surface area contributed by atoms with Gasteiger partial charge in [0, 0.05) is 19.0 Å². The highest BCUT2D eigenvalue weighted by Crippen LogP contribution is 2.31. The molecule has 0 saturated carbocycles. The second kappa shape index (κ2) is 11.9. The van der Waals surface area contributed by atoms with Crippen LogP contribution in [-0.2, 0) is 24.8 Å². The lowest BCUT2D eigenvalue weighted by molar-refractivity contribution is -0.116. The molecule has 2 rings (SSSR count). The van der Waals surface area contributed by atoms with Gasteiger partial charge in [-0.25, -0.2) is 21.6 Å². The zero-order chi connectivity index (χ0) is 26.4. The molecule has 0 radical (unpaired) electrons. The van der Waals surface area contributed by atoms with Crippen LogP contribution in [-0.4, -0.2) is 55.8 Å². The van der Waals surface area contributed by atoms with Gasteiger partial charge in [-0.2, -0.15) is 0 Å². The van der Waals surface area contributed by atoms with Crippen LogP contribution in [0.25, 0.3) is 0 Å². The number of benzene rings is 2. The van der Waals surface area contributed by atoms with Gasteiger partial charge in [-0.05, 0) is 56.7 Å². The van der Waals surface area contributed by atoms with Crippen molar-refractivity contribution in [1.82, 2.24) is 4.72 Å². The molecule has 2 aromatic carbocycles. The van der Waals surface area contributed by atoms with E-state index in [9.17, 15) is 21.6 Å². The molecule has 0 aromatic heterocycles. The number of sulfonamides is 2. The summed E-state index contributed by atoms with van der Waals surface area (Å²) in [6, 6.07) is 8.43. The van der Waals surface area contributed by atoms with Crippen LogP contribution in [0.4, 0.5) is 11.4 Å². The lowest BCUT2D eigenvalue weighted by Gasteiger charge is -2.23. The molecular formula is C22H30ClN3O7S2. The molecule has 1 amide bonds. The van der Waals surface area contributed by atoms with Crippen LogP contribution in [0.2, 0.25) is 5.02 Å². The topological polar surface area (TPSA) is 131 Å². The Morgan fingerprint density at radius 1 is 1.03 bits per heavy atom. The molecule has 0 spiro atoms. The third-order valence-corrected chi connectivity index (χ3v) is 7.88. The Balaban J connectivity index is 2.13. The van der Waals surface area contributed by atoms with Gasteiger partial charge < -0.3 is 14.8 Å². The molecule has 0 atom stereocenters. The van der Waals surface area contributed by atoms with Crippen molar-refractivity contribution in [1.29, 1.82) is 0 Å². The van der Waals surface area contributed by atoms with E-state index in [2.05, 4.69) is 10.0 Å². The fraction of sp³-hybridized carbons (Fsp3) is 0.409. The summed E-state index contributed by atoms with van der Waals surface area (Å²) >= 11 is 6.13. The quantitative estimate of drug-likeness (QED) is 0.417. The SMILES string of the molecule is COc1ccc(N(CCCC(=O)Nc2cc(S(=O)(=O)NC(C)C)ccc2OC)S(C)(=O)=O)cc1Cl. The maximum Gasteiger partial charge on any atom is 0.240 e. The maximum absolute atomic E-state index is 12.6. The van der Waals surface area contributed by atoms with Gasteiger partial charge in [-0.15, -0.1) is 0 Å². The van der Waals surface area contributed by atoms with E-state index in [1.165, 1.54) is 38.5 Å². The minimum atomic E-state index is -3.78. The third-order valence-electron chi connectivity index (χ3n) is 4.73. The Morgan fingerprint density at radius 2 is 1.66 bits per heavy atom. The van der Waals surface area contributed by atoms with E-state index < -0.39 is 26.0 Å². The molecule has 10 nitrogen and oxygen atoms in total. The lowest BCUT2D eigenvalue weighted by Crippen LogP contribution is -2.31. The summed E-state index contributed by atoms with van der Waals surface area (Å²) < 4.78 is 63.6. The van der Waals surface area contributed by atoms with E-state index in [4.69, 9.17) is 21.1 Å². The average molecular weight is 548 g/mol. The van der Waals surface area contributed by atoms with E-state index in [1.807, 2.05) is 0 Å². The zero-order valence-corrected chi connectivity index (χ0v) is 22.6. The molecule has 0 heterocycles. The van der Waals surface area contributed by atoms with Crippen molar-refractivity contribution in [2.75, 3.05) is 36.6 Å². The molecular weight excluding hydrogens is 518 g/mol. The number of methoxy groups -OCH3 is 2. The summed E-state index contributed by atoms with van der Waals surface area (Å²) in [6.45, 7) is 3.42. The molecule has 0 aliphatic heterocycles. The summed E-state index contributed by atoms with van der Waals surface area (Å²) in [5.41, 5.74) is 0.530. The Hall–Kier alpha value is -2.54. The van der Waals surface area contributed by atoms with Gasteiger partial charge in [0.1, 0.15) is 11.5 Å². The number of rotatable bonds is 12. The molecule has 0 aliphatic rings. The van der Waals surface area contributed by atoms with Crippen LogP contribution in [0, 0.1) is 0 Å². The number of carbonyl (C=O) groups excluding carboxylic acids is 1. The molecule has 2 aromatic rings. The first-order chi connectivity index (χ1) is 16.3. The third kappa shape index (κ3) is 7.99. The van der Waals surface area contributed by atoms with Crippen LogP contribution in [0.5, 0.6) is 11.5 Å². The Bertz CT molecular complexity index is 1270. The number of hydrogen-bond acceptors (Lipinski definition) is 7. The van der Waals surface area contributed by atoms with Crippen molar-refractivity contribution >= 4 is 48.9 Å². The fourth-order valence-corrected chi connectivity index (χ4v) is 5.71. The number of halogens is 1. The Morgan fingerprint density at radius 3 is 2.20 bits per heavy atom. The first kappa shape index (κ1) is 28.7. The van der Waals surface area contributed by atoms with Crippen molar-refractivity contribution in [2.45, 2.75) is 37.6 Å². The summed E-state index contributed by atoms with van der Waals surface area (Å²) in [6.07, 6.45) is 1.23. The van der Waals surface area contributed by atoms with E-state index in [1.54, 1.807) is 26.0 Å². The molecule has 194 valence electrons. The molecule has 0 saturated heterocycles. The van der Waals surface area contributed by atoms with Gasteiger partial charge in [-0.3, -0.25) is 9.10 Å². The number of ether oxygens (including phenoxy) is 2. The van der Waals surface area contributed by atoms with Crippen LogP contribution in [0.1, 0.15) is 26.7 Å². The predicted molar refractivity (Wildman–Crippen MR) is 137 cm³/mol. The van der Waals surface area contributed by atoms with Crippen LogP contribution in [0.3, 0.4) is 0 Å². The second-order valence-corrected chi connectivity index (χ2v) is 12.0. The van der Waals surface area contributed by atoms with E-state index in [-0.39, 0.29) is 46.8 Å². The highest BCUT2D eigenvalue weighted by Gasteiger charge is 2.21. The Kier molecular flexibility index (Phi) is 9.78. The van der Waals surface area contributed by atoms with Gasteiger partial charge in [-0.1, -0.05) is 11.6 Å². The Labute approximate surface area is 211 Å². The minimum Gasteiger partial charge on any atom is -0.495 e. The van der Waals surface area contributed by atoms with Gasteiger partial charge >= 0.3 is 0 Å². The monoisotopic (exact) mass is 547 g/mol. The molecule has 0 fully saturated rings. The summed E-state index contributed by atoms with van der Waals surface area (Å²) in [4.78, 5) is 12.6. The van der Waals surface area contributed by atoms with Gasteiger partial charge in [0.25, 0.3) is 0 Å². The smallest absolute Gasteiger partial charge is 0.240 e. The minimum absolute atomic E-state index is 0.0260. The summed E-state index contributed by atoms with van der Waals surface area (Å²) in [5, 5.41) is 2.90. The van der Waals surface area contributed by atoms with E-state index >= 15 is 0 Å². The number of carbonyl (C=O) groups is 1. The standard InChI is InChI=1S/C22H30ClN3O7S2/c1-15(2)25-35(30,31)17-9-11-21(33-4)19(14-17)24-22(27)7-6-12-26(34(5,28)29)16-8-10-20(32-3)18(23)13-16/h8-11,13-15,25H,6-7,12H2,1-5H3,(H,24,27). The molecule has 0 bridgehead atoms. The first-order valence-electron chi connectivity index (χ1n) is 10.6. The van der Waals surface area contributed by atoms with Crippen LogP contribution < -0.4 is 23.8 Å². The van der Waals surface area contributed by atoms with E-state index in [0.717, 1.165) is 10.6 Å². The fourth-order valence-electron chi connectivity index (χ4n) is 3.22. The van der Waals surface area contributed by atoms with Crippen molar-refractivity contribution < 1.29 is 31.1 Å². The largest absolute Gasteiger partial charge is 0.495 e. The van der Waals surface area contributed by atoms with Gasteiger partial charge in [0.2, 0.25) is 26.0 Å². The molecule has 13 heteroatoms. The van der Waals surface area contributed by atoms with Crippen LogP contribution >= 0.6 is 11.6 Å². The van der Waals surface area contributed by atoms with Gasteiger partial charge in [0.15, 0.2) is 0 Å². The highest BCUT2D eigenvalue weighted by molar-refractivity contribution is 7.92. The number of nitrogens with one attached hydrogen (secondary N) is 2. The number of anilines is 2. The molecule has 35 heavy (non-hydrogen) atoms. The van der Waals surface area contributed by atoms with Crippen LogP contribution in [0.15, 0.2) is 41.3 Å². The average Bonchev–Trinajstić information content (AvgIpc) is 2.75. The van der Waals surface area contributed by atoms with Crippen molar-refractivity contribution in [3.63, 3.8) is 0 Å².